The molecule has 5 aliphatic heterocycles. The highest BCUT2D eigenvalue weighted by atomic mass is 127. The number of carbonyl (C=O) groups is 7. The molecule has 0 spiro atoms. The van der Waals surface area contributed by atoms with Crippen LogP contribution in [0.5, 0.6) is 17.2 Å². The number of benzene rings is 1. The fraction of sp³-hybridized carbons (Fsp3) is 0.682. The molecule has 0 aromatic heterocycles. The van der Waals surface area contributed by atoms with E-state index in [9.17, 15) is 78.8 Å². The second-order valence-electron chi connectivity index (χ2n) is 25.6. The number of hydrogen-bond donors (Lipinski definition) is 11. The number of Topliss-reactive ketones (excluding diaryl/α,β-unsaturated/α-hetero) is 1. The Morgan fingerprint density at radius 1 is 0.902 bits per heavy atom. The number of ketones is 1. The molecule has 2 aliphatic carbocycles. The lowest BCUT2D eigenvalue weighted by Crippen LogP contribution is -2.66. The number of likely N-dealkylation sites (tertiary alicyclic amines) is 1. The largest absolute Gasteiger partial charge is 0.492 e. The molecule has 8 rings (SSSR count). The minimum atomic E-state index is -3.94. The number of aliphatic hydroxyl groups excluding tert-OH is 6. The maximum Gasteiger partial charge on any atom is 0.407 e. The topological polar surface area (TPSA) is 443 Å². The summed E-state index contributed by atoms with van der Waals surface area (Å²) >= 11 is 3.69. The van der Waals surface area contributed by atoms with Gasteiger partial charge < -0.3 is 104 Å². The molecule has 2 bridgehead atoms. The van der Waals surface area contributed by atoms with Crippen LogP contribution in [0.1, 0.15) is 82.6 Å². The van der Waals surface area contributed by atoms with Gasteiger partial charge in [-0.25, -0.2) is 4.79 Å². The van der Waals surface area contributed by atoms with Gasteiger partial charge in [-0.1, -0.05) is 41.5 Å². The molecular weight excluding hydrogens is 1520 g/mol. The number of imide groups is 1. The van der Waals surface area contributed by atoms with Crippen molar-refractivity contribution < 1.29 is 131 Å². The van der Waals surface area contributed by atoms with Crippen LogP contribution in [0.2, 0.25) is 0 Å². The minimum Gasteiger partial charge on any atom is -0.492 e. The number of allylic oxidation sites excluding steroid dienone is 2. The highest BCUT2D eigenvalue weighted by Crippen LogP contribution is 2.50. The van der Waals surface area contributed by atoms with Gasteiger partial charge in [0.05, 0.1) is 103 Å². The third-order valence-corrected chi connectivity index (χ3v) is 24.7. The van der Waals surface area contributed by atoms with E-state index in [1.54, 1.807) is 39.5 Å². The number of aliphatic hydroxyl groups is 7. The molecule has 11 N–H and O–H groups in total. The zero-order valence-electron chi connectivity index (χ0n) is 57.9. The maximum absolute atomic E-state index is 14.5. The molecule has 102 heavy (non-hydrogen) atoms. The summed E-state index contributed by atoms with van der Waals surface area (Å²) in [6, 6.07) is -3.42. The van der Waals surface area contributed by atoms with Gasteiger partial charge in [0, 0.05) is 95.2 Å². The Morgan fingerprint density at radius 2 is 1.61 bits per heavy atom. The SMILES string of the molecule is CCN(C(C)=O)C1COC(OC2C(O[C@H]3C#C/C=C\C#C[C@]4(O)CC(=O)[C@H](NC(=O)OC)C3/C4=C/CSC3CC(=O)N(CCP(=O)(O)CCC(=O)NC)C3=O)OC(C)C(NOC3CC(O)C(SC(=O)c4c(C)c(I)c(OC5OC(C)C(O)C(CO)C5O)c(OC)c4OC)C(C)O3)C2O)CC1CO. The van der Waals surface area contributed by atoms with E-state index in [0.717, 1.165) is 35.5 Å². The Labute approximate surface area is 612 Å². The number of hydrogen-bond acceptors (Lipinski definition) is 29. The zero-order chi connectivity index (χ0) is 74.8. The predicted octanol–water partition coefficient (Wildman–Crippen LogP) is -0.0188. The number of ether oxygens (including phenoxy) is 10. The lowest BCUT2D eigenvalue weighted by Gasteiger charge is -2.48. The molecule has 20 unspecified atom stereocenters. The van der Waals surface area contributed by atoms with Crippen molar-refractivity contribution in [1.29, 1.82) is 0 Å². The van der Waals surface area contributed by atoms with Crippen molar-refractivity contribution >= 4 is 94.1 Å². The standard InChI is InChI=1S/C66H91IN5O27PS2/c1-11-71(35(6)75)39-30-92-46(24-36(39)28-73)97-58-55(82)51(70-99-47-25-40(76)60(34(5)93-47)102-62(84)48-31(2)50(67)57(59(90-9)56(48)89-8)98-63-54(81)37(29-74)53(80)33(4)95-63)32(3)94-64(58)96-42-16-14-12-13-15-19-66(86)27-41(77)52(69-65(85)91-10)49(42)38(66)18-23-101-43-26-45(79)72(61(43)83)20-22-100(87,88)21-17-44(78)68-7/h12-13,18,32-34,36-37,39-40,42-43,46-47,49,51-55,58,60,63-64,70,73-74,76,80-82,86H,11,17,20-30H2,1-10H3,(H,68,78)(H,69,85)(H,87,88)/b13-12-,38-18-/t32?,33?,34?,36?,37?,39?,40?,42-,43?,46?,47?,49?,51?,52-,53?,54?,55?,58?,60?,63?,64?,66-/m0/s1. The summed E-state index contributed by atoms with van der Waals surface area (Å²) < 4.78 is 74.3. The Balaban J connectivity index is 1.04. The molecule has 0 radical (unpaired) electrons. The smallest absolute Gasteiger partial charge is 0.407 e. The van der Waals surface area contributed by atoms with Crippen LogP contribution in [0.3, 0.4) is 0 Å². The summed E-state index contributed by atoms with van der Waals surface area (Å²) in [5.74, 6) is 5.26. The van der Waals surface area contributed by atoms with Crippen LogP contribution >= 0.6 is 53.5 Å². The number of amides is 5. The number of halogens is 1. The van der Waals surface area contributed by atoms with Crippen LogP contribution in [0, 0.1) is 51.9 Å². The van der Waals surface area contributed by atoms with Gasteiger partial charge in [0.1, 0.15) is 30.5 Å². The number of nitrogens with one attached hydrogen (secondary N) is 3. The van der Waals surface area contributed by atoms with E-state index in [-0.39, 0.29) is 85.0 Å². The number of fused-ring (bicyclic) bond motifs is 2. The fourth-order valence-corrected chi connectivity index (χ4v) is 17.5. The molecule has 36 heteroatoms. The molecule has 5 heterocycles. The summed E-state index contributed by atoms with van der Waals surface area (Å²) in [5.41, 5.74) is 0.937. The third kappa shape index (κ3) is 19.0. The molecule has 23 atom stereocenters. The first-order valence-corrected chi connectivity index (χ1v) is 38.2. The zero-order valence-corrected chi connectivity index (χ0v) is 62.6. The number of rotatable bonds is 27. The van der Waals surface area contributed by atoms with Crippen molar-refractivity contribution in [2.45, 2.75) is 188 Å². The molecule has 1 aromatic carbocycles. The molecular formula is C66H91IN5O27PS2. The Bertz CT molecular complexity index is 3470. The number of hydroxylamine groups is 1. The van der Waals surface area contributed by atoms with E-state index in [0.29, 0.717) is 15.7 Å². The van der Waals surface area contributed by atoms with E-state index in [2.05, 4.69) is 39.8 Å². The van der Waals surface area contributed by atoms with E-state index in [1.165, 1.54) is 46.4 Å². The van der Waals surface area contributed by atoms with Crippen molar-refractivity contribution in [3.05, 3.63) is 38.5 Å². The van der Waals surface area contributed by atoms with E-state index < -0.39 is 200 Å². The second kappa shape index (κ2) is 36.5. The average molecular weight is 1610 g/mol. The lowest BCUT2D eigenvalue weighted by atomic mass is 9.68. The Morgan fingerprint density at radius 3 is 2.25 bits per heavy atom. The van der Waals surface area contributed by atoms with Crippen molar-refractivity contribution in [2.75, 3.05) is 79.4 Å². The third-order valence-electron chi connectivity index (χ3n) is 19.1. The van der Waals surface area contributed by atoms with Crippen LogP contribution in [0.15, 0.2) is 23.8 Å². The summed E-state index contributed by atoms with van der Waals surface area (Å²) in [5, 5.41) is 82.0. The van der Waals surface area contributed by atoms with Crippen LogP contribution in [-0.4, -0.2) is 285 Å². The summed E-state index contributed by atoms with van der Waals surface area (Å²) in [6.45, 7) is 8.34. The van der Waals surface area contributed by atoms with Gasteiger partial charge in [-0.3, -0.25) is 43.1 Å². The molecule has 32 nitrogen and oxygen atoms in total. The summed E-state index contributed by atoms with van der Waals surface area (Å²) in [6.07, 6.45) is -16.5. The highest BCUT2D eigenvalue weighted by molar-refractivity contribution is 14.1. The normalized spacial score (nSPS) is 35.2. The molecule has 5 amide bonds. The first kappa shape index (κ1) is 82.6. The first-order valence-electron chi connectivity index (χ1n) is 33.2. The van der Waals surface area contributed by atoms with Crippen LogP contribution < -0.4 is 30.3 Å². The van der Waals surface area contributed by atoms with Crippen LogP contribution in [-0.2, 0) is 66.5 Å². The van der Waals surface area contributed by atoms with Gasteiger partial charge in [-0.15, -0.1) is 11.8 Å². The number of nitrogens with zero attached hydrogens (tertiary/aromatic N) is 2. The van der Waals surface area contributed by atoms with Gasteiger partial charge in [-0.2, -0.15) is 5.48 Å². The number of alkyl carbamates (subject to hydrolysis) is 1. The maximum atomic E-state index is 14.5. The van der Waals surface area contributed by atoms with Gasteiger partial charge in [0.15, 0.2) is 41.8 Å². The van der Waals surface area contributed by atoms with Gasteiger partial charge in [0.25, 0.3) is 0 Å². The summed E-state index contributed by atoms with van der Waals surface area (Å²) in [7, 11) is 1.14. The number of methoxy groups -OCH3 is 3. The molecule has 6 fully saturated rings. The van der Waals surface area contributed by atoms with Crippen LogP contribution in [0.4, 0.5) is 4.79 Å². The van der Waals surface area contributed by atoms with E-state index in [1.807, 2.05) is 22.6 Å². The second-order valence-corrected chi connectivity index (χ2v) is 31.6. The van der Waals surface area contributed by atoms with Crippen molar-refractivity contribution in [3.63, 3.8) is 0 Å². The number of thioether (sulfide) groups is 2. The van der Waals surface area contributed by atoms with Gasteiger partial charge in [-0.05, 0) is 80.5 Å². The Hall–Kier alpha value is -5.07. The van der Waals surface area contributed by atoms with E-state index >= 15 is 0 Å². The highest BCUT2D eigenvalue weighted by Gasteiger charge is 2.56. The van der Waals surface area contributed by atoms with E-state index in [4.69, 9.17) is 52.2 Å². The van der Waals surface area contributed by atoms with Crippen molar-refractivity contribution in [3.8, 4) is 40.9 Å². The first-order chi connectivity index (χ1) is 48.4. The molecule has 1 saturated carbocycles. The van der Waals surface area contributed by atoms with Crippen molar-refractivity contribution in [1.82, 2.24) is 25.9 Å². The molecule has 7 aliphatic rings. The van der Waals surface area contributed by atoms with Crippen molar-refractivity contribution in [2.24, 2.45) is 17.8 Å². The molecule has 1 aromatic rings. The minimum absolute atomic E-state index is 0.0280. The number of carbonyl (C=O) groups excluding carboxylic acids is 7. The number of likely N-dealkylation sites (N-methyl/N-ethyl adjacent to an activating group) is 1. The quantitative estimate of drug-likeness (QED) is 0.0138. The lowest BCUT2D eigenvalue weighted by molar-refractivity contribution is -0.339. The van der Waals surface area contributed by atoms with Crippen LogP contribution in [0.25, 0.3) is 0 Å². The van der Waals surface area contributed by atoms with Gasteiger partial charge in [0.2, 0.25) is 48.2 Å². The molecule has 5 saturated heterocycles. The molecule has 566 valence electrons. The summed E-state index contributed by atoms with van der Waals surface area (Å²) in [4.78, 5) is 113. The average Bonchev–Trinajstić information content (AvgIpc) is 0.871. The van der Waals surface area contributed by atoms with Gasteiger partial charge >= 0.3 is 6.09 Å². The monoisotopic (exact) mass is 1610 g/mol. The fourth-order valence-electron chi connectivity index (χ4n) is 13.4. The predicted molar refractivity (Wildman–Crippen MR) is 371 cm³/mol. The Kier molecular flexibility index (Phi) is 29.5.